The van der Waals surface area contributed by atoms with Gasteiger partial charge in [0.1, 0.15) is 23.3 Å². The summed E-state index contributed by atoms with van der Waals surface area (Å²) in [7, 11) is 1.60. The minimum atomic E-state index is -0.396. The minimum absolute atomic E-state index is 0.253. The first-order chi connectivity index (χ1) is 15.7. The molecule has 1 fully saturated rings. The van der Waals surface area contributed by atoms with E-state index in [4.69, 9.17) is 13.9 Å². The zero-order valence-electron chi connectivity index (χ0n) is 17.9. The molecule has 164 valence electrons. The van der Waals surface area contributed by atoms with Crippen LogP contribution >= 0.6 is 0 Å². The van der Waals surface area contributed by atoms with Crippen LogP contribution in [0, 0.1) is 0 Å². The third-order valence-corrected chi connectivity index (χ3v) is 5.68. The van der Waals surface area contributed by atoms with Crippen molar-refractivity contribution in [2.75, 3.05) is 25.5 Å². The van der Waals surface area contributed by atoms with Gasteiger partial charge in [0.15, 0.2) is 0 Å². The first-order valence-electron chi connectivity index (χ1n) is 10.8. The molecule has 4 aromatic rings. The number of rotatable bonds is 6. The molecule has 0 spiro atoms. The van der Waals surface area contributed by atoms with E-state index in [1.54, 1.807) is 13.2 Å². The van der Waals surface area contributed by atoms with Gasteiger partial charge in [-0.25, -0.2) is 9.78 Å². The van der Waals surface area contributed by atoms with Crippen molar-refractivity contribution in [1.82, 2.24) is 10.3 Å². The number of ether oxygens (including phenoxy) is 2. The maximum atomic E-state index is 11.9. The van der Waals surface area contributed by atoms with Gasteiger partial charge in [-0.2, -0.15) is 0 Å². The molecule has 0 unspecified atom stereocenters. The number of nitrogens with zero attached hydrogens (tertiary/aromatic N) is 1. The van der Waals surface area contributed by atoms with Crippen LogP contribution in [0.25, 0.3) is 21.7 Å². The van der Waals surface area contributed by atoms with E-state index in [1.165, 1.54) is 6.07 Å². The van der Waals surface area contributed by atoms with E-state index in [0.717, 1.165) is 59.1 Å². The van der Waals surface area contributed by atoms with Crippen molar-refractivity contribution in [3.05, 3.63) is 70.7 Å². The van der Waals surface area contributed by atoms with Crippen LogP contribution in [0.15, 0.2) is 63.9 Å². The number of anilines is 2. The van der Waals surface area contributed by atoms with E-state index in [9.17, 15) is 4.79 Å². The molecular formula is C25H25N3O4. The molecule has 5 rings (SSSR count). The van der Waals surface area contributed by atoms with Gasteiger partial charge in [-0.05, 0) is 73.3 Å². The average molecular weight is 431 g/mol. The Hall–Kier alpha value is -3.42. The number of benzene rings is 2. The zero-order chi connectivity index (χ0) is 21.9. The van der Waals surface area contributed by atoms with Crippen LogP contribution in [-0.4, -0.2) is 31.3 Å². The SMILES string of the molecule is COCc1cc(=O)oc2cc(Nc3cc4cc(OC5CCNCC5)ccc4cn3)ccc12. The lowest BCUT2D eigenvalue weighted by molar-refractivity contribution is 0.162. The lowest BCUT2D eigenvalue weighted by Gasteiger charge is -2.24. The quantitative estimate of drug-likeness (QED) is 0.439. The zero-order valence-corrected chi connectivity index (χ0v) is 17.9. The molecule has 1 aliphatic heterocycles. The summed E-state index contributed by atoms with van der Waals surface area (Å²) in [5.74, 6) is 1.57. The highest BCUT2D eigenvalue weighted by Gasteiger charge is 2.14. The summed E-state index contributed by atoms with van der Waals surface area (Å²) < 4.78 is 16.8. The number of hydrogen-bond donors (Lipinski definition) is 2. The molecule has 0 bridgehead atoms. The van der Waals surface area contributed by atoms with Gasteiger partial charge in [-0.3, -0.25) is 0 Å². The highest BCUT2D eigenvalue weighted by molar-refractivity contribution is 5.87. The van der Waals surface area contributed by atoms with E-state index in [2.05, 4.69) is 21.7 Å². The lowest BCUT2D eigenvalue weighted by Crippen LogP contribution is -2.34. The molecule has 7 nitrogen and oxygen atoms in total. The number of methoxy groups -OCH3 is 1. The Balaban J connectivity index is 1.40. The number of piperidine rings is 1. The van der Waals surface area contributed by atoms with Gasteiger partial charge in [0.2, 0.25) is 0 Å². The second-order valence-corrected chi connectivity index (χ2v) is 8.01. The van der Waals surface area contributed by atoms with E-state index < -0.39 is 5.63 Å². The van der Waals surface area contributed by atoms with Crippen molar-refractivity contribution in [2.24, 2.45) is 0 Å². The van der Waals surface area contributed by atoms with Crippen LogP contribution in [0.4, 0.5) is 11.5 Å². The molecule has 2 aromatic heterocycles. The summed E-state index contributed by atoms with van der Waals surface area (Å²) in [5, 5.41) is 9.60. The van der Waals surface area contributed by atoms with Crippen molar-refractivity contribution in [2.45, 2.75) is 25.6 Å². The Kier molecular flexibility index (Phi) is 5.75. The molecule has 0 amide bonds. The van der Waals surface area contributed by atoms with Crippen LogP contribution in [0.3, 0.4) is 0 Å². The molecule has 32 heavy (non-hydrogen) atoms. The van der Waals surface area contributed by atoms with Crippen LogP contribution in [-0.2, 0) is 11.3 Å². The fraction of sp³-hybridized carbons (Fsp3) is 0.280. The summed E-state index contributed by atoms with van der Waals surface area (Å²) in [5.41, 5.74) is 1.69. The van der Waals surface area contributed by atoms with Gasteiger partial charge >= 0.3 is 5.63 Å². The van der Waals surface area contributed by atoms with E-state index >= 15 is 0 Å². The van der Waals surface area contributed by atoms with Gasteiger partial charge < -0.3 is 24.5 Å². The summed E-state index contributed by atoms with van der Waals surface area (Å²) >= 11 is 0. The molecule has 0 atom stereocenters. The first kappa shape index (κ1) is 20.5. The number of pyridine rings is 1. The molecule has 2 aromatic carbocycles. The maximum absolute atomic E-state index is 11.9. The fourth-order valence-electron chi connectivity index (χ4n) is 4.10. The number of nitrogens with one attached hydrogen (secondary N) is 2. The largest absolute Gasteiger partial charge is 0.490 e. The van der Waals surface area contributed by atoms with Gasteiger partial charge in [-0.15, -0.1) is 0 Å². The van der Waals surface area contributed by atoms with Crippen molar-refractivity contribution in [3.8, 4) is 5.75 Å². The molecule has 1 saturated heterocycles. The molecule has 0 aliphatic carbocycles. The van der Waals surface area contributed by atoms with Crippen molar-refractivity contribution in [3.63, 3.8) is 0 Å². The van der Waals surface area contributed by atoms with E-state index in [-0.39, 0.29) is 6.10 Å². The van der Waals surface area contributed by atoms with Crippen LogP contribution in [0.1, 0.15) is 18.4 Å². The predicted octanol–water partition coefficient (Wildman–Crippen LogP) is 4.36. The normalized spacial score (nSPS) is 14.7. The summed E-state index contributed by atoms with van der Waals surface area (Å²) in [6.45, 7) is 2.34. The third-order valence-electron chi connectivity index (χ3n) is 5.68. The standard InChI is InChI=1S/C25H25N3O4/c1-30-15-18-12-25(29)32-23-13-19(3-5-22(18)23)28-24-11-17-10-21(4-2-16(17)14-27-24)31-20-6-8-26-9-7-20/h2-5,10-14,20,26H,6-9,15H2,1H3,(H,27,28). The van der Waals surface area contributed by atoms with Crippen molar-refractivity contribution < 1.29 is 13.9 Å². The number of fused-ring (bicyclic) bond motifs is 2. The fourth-order valence-corrected chi connectivity index (χ4v) is 4.10. The Morgan fingerprint density at radius 3 is 2.81 bits per heavy atom. The number of aromatic nitrogens is 1. The maximum Gasteiger partial charge on any atom is 0.336 e. The van der Waals surface area contributed by atoms with Gasteiger partial charge in [-0.1, -0.05) is 0 Å². The Bertz CT molecular complexity index is 1310. The molecule has 0 saturated carbocycles. The average Bonchev–Trinajstić information content (AvgIpc) is 2.79. The second-order valence-electron chi connectivity index (χ2n) is 8.01. The number of hydrogen-bond acceptors (Lipinski definition) is 7. The molecule has 3 heterocycles. The Labute approximate surface area is 185 Å². The monoisotopic (exact) mass is 431 g/mol. The van der Waals surface area contributed by atoms with Gasteiger partial charge in [0.05, 0.1) is 6.61 Å². The summed E-state index contributed by atoms with van der Waals surface area (Å²) in [6.07, 6.45) is 4.13. The molecule has 2 N–H and O–H groups in total. The lowest BCUT2D eigenvalue weighted by atomic mass is 10.1. The summed E-state index contributed by atoms with van der Waals surface area (Å²) in [4.78, 5) is 16.4. The highest BCUT2D eigenvalue weighted by Crippen LogP contribution is 2.27. The topological polar surface area (TPSA) is 85.6 Å². The Morgan fingerprint density at radius 1 is 1.09 bits per heavy atom. The predicted molar refractivity (Wildman–Crippen MR) is 125 cm³/mol. The molecule has 1 aliphatic rings. The van der Waals surface area contributed by atoms with Crippen molar-refractivity contribution in [1.29, 1.82) is 0 Å². The van der Waals surface area contributed by atoms with Crippen LogP contribution in [0.2, 0.25) is 0 Å². The van der Waals surface area contributed by atoms with Crippen molar-refractivity contribution >= 4 is 33.2 Å². The smallest absolute Gasteiger partial charge is 0.336 e. The van der Waals surface area contributed by atoms with E-state index in [0.29, 0.717) is 18.0 Å². The van der Waals surface area contributed by atoms with Crippen LogP contribution < -0.4 is 21.0 Å². The first-order valence-corrected chi connectivity index (χ1v) is 10.8. The Morgan fingerprint density at radius 2 is 1.97 bits per heavy atom. The van der Waals surface area contributed by atoms with Gasteiger partial charge in [0, 0.05) is 41.9 Å². The highest BCUT2D eigenvalue weighted by atomic mass is 16.5. The third kappa shape index (κ3) is 4.44. The van der Waals surface area contributed by atoms with Gasteiger partial charge in [0.25, 0.3) is 0 Å². The minimum Gasteiger partial charge on any atom is -0.490 e. The van der Waals surface area contributed by atoms with E-state index in [1.807, 2.05) is 36.5 Å². The van der Waals surface area contributed by atoms with Crippen LogP contribution in [0.5, 0.6) is 5.75 Å². The summed E-state index contributed by atoms with van der Waals surface area (Å²) in [6, 6.07) is 15.2. The second kappa shape index (κ2) is 8.98. The molecule has 7 heteroatoms. The molecule has 0 radical (unpaired) electrons. The molecular weight excluding hydrogens is 406 g/mol.